The number of carbonyl (C=O) groups excluding carboxylic acids is 2. The molecule has 0 radical (unpaired) electrons. The third-order valence-corrected chi connectivity index (χ3v) is 5.87. The zero-order valence-corrected chi connectivity index (χ0v) is 17.8. The zero-order chi connectivity index (χ0) is 20.6. The second-order valence-electron chi connectivity index (χ2n) is 6.95. The topological polar surface area (TPSA) is 76.7 Å². The van der Waals surface area contributed by atoms with E-state index < -0.39 is 0 Å². The summed E-state index contributed by atoms with van der Waals surface area (Å²) < 4.78 is 0. The van der Waals surface area contributed by atoms with Crippen LogP contribution in [0.3, 0.4) is 0 Å². The van der Waals surface area contributed by atoms with E-state index in [1.807, 2.05) is 29.2 Å². The average Bonchev–Trinajstić information content (AvgIpc) is 3.26. The normalized spacial score (nSPS) is 15.1. The van der Waals surface area contributed by atoms with Crippen molar-refractivity contribution < 1.29 is 9.59 Å². The third kappa shape index (κ3) is 5.71. The first-order valence-corrected chi connectivity index (χ1v) is 11.0. The second-order valence-corrected chi connectivity index (χ2v) is 7.73. The summed E-state index contributed by atoms with van der Waals surface area (Å²) >= 11 is 1.67. The lowest BCUT2D eigenvalue weighted by atomic mass is 10.1. The number of nitrogens with zero attached hydrogens (tertiary/aromatic N) is 2. The Balaban J connectivity index is 1.55. The van der Waals surface area contributed by atoms with Crippen molar-refractivity contribution in [1.29, 1.82) is 0 Å². The van der Waals surface area contributed by atoms with E-state index in [2.05, 4.69) is 51.5 Å². The Kier molecular flexibility index (Phi) is 7.48. The van der Waals surface area contributed by atoms with Gasteiger partial charge in [-0.25, -0.2) is 4.79 Å². The number of urea groups is 1. The number of hydrogen-bond acceptors (Lipinski definition) is 5. The average molecular weight is 416 g/mol. The number of carbonyl (C=O) groups is 2. The van der Waals surface area contributed by atoms with Gasteiger partial charge in [0.05, 0.1) is 12.6 Å². The van der Waals surface area contributed by atoms with Crippen molar-refractivity contribution in [2.75, 3.05) is 49.5 Å². The Morgan fingerprint density at radius 3 is 2.62 bits per heavy atom. The van der Waals surface area contributed by atoms with Crippen molar-refractivity contribution in [3.8, 4) is 0 Å². The van der Waals surface area contributed by atoms with Crippen LogP contribution in [-0.2, 0) is 4.79 Å². The summed E-state index contributed by atoms with van der Waals surface area (Å²) in [7, 11) is 0. The molecule has 0 aliphatic carbocycles. The van der Waals surface area contributed by atoms with E-state index in [0.29, 0.717) is 19.6 Å². The summed E-state index contributed by atoms with van der Waals surface area (Å²) in [5, 5.41) is 12.9. The number of hydrogen-bond donors (Lipinski definition) is 3. The highest BCUT2D eigenvalue weighted by Gasteiger charge is 2.19. The maximum Gasteiger partial charge on any atom is 0.319 e. The summed E-state index contributed by atoms with van der Waals surface area (Å²) in [6.45, 7) is 8.47. The molecular formula is C21H29N5O2S. The van der Waals surface area contributed by atoms with E-state index in [9.17, 15) is 9.59 Å². The first-order chi connectivity index (χ1) is 14.1. The molecule has 3 amide bonds. The molecule has 1 aromatic heterocycles. The maximum atomic E-state index is 12.4. The van der Waals surface area contributed by atoms with Crippen LogP contribution in [0.4, 0.5) is 16.2 Å². The Labute approximate surface area is 176 Å². The molecule has 29 heavy (non-hydrogen) atoms. The largest absolute Gasteiger partial charge is 0.360 e. The van der Waals surface area contributed by atoms with Crippen LogP contribution in [0.5, 0.6) is 0 Å². The zero-order valence-electron chi connectivity index (χ0n) is 17.0. The first-order valence-electron chi connectivity index (χ1n) is 10.0. The van der Waals surface area contributed by atoms with Gasteiger partial charge in [-0.15, -0.1) is 0 Å². The van der Waals surface area contributed by atoms with Gasteiger partial charge >= 0.3 is 6.03 Å². The number of anilines is 2. The van der Waals surface area contributed by atoms with Gasteiger partial charge in [-0.05, 0) is 59.7 Å². The quantitative estimate of drug-likeness (QED) is 0.620. The molecular weight excluding hydrogens is 386 g/mol. The summed E-state index contributed by atoms with van der Waals surface area (Å²) in [5.74, 6) is 0.0335. The van der Waals surface area contributed by atoms with Gasteiger partial charge in [0, 0.05) is 31.0 Å². The van der Waals surface area contributed by atoms with Crippen molar-refractivity contribution >= 4 is 34.6 Å². The van der Waals surface area contributed by atoms with Crippen LogP contribution in [0.1, 0.15) is 25.5 Å². The number of piperazine rings is 1. The molecule has 0 spiro atoms. The van der Waals surface area contributed by atoms with E-state index in [1.54, 1.807) is 11.3 Å². The van der Waals surface area contributed by atoms with Crippen molar-refractivity contribution in [1.82, 2.24) is 15.5 Å². The van der Waals surface area contributed by atoms with Gasteiger partial charge in [0.2, 0.25) is 5.91 Å². The number of rotatable bonds is 8. The number of likely N-dealkylation sites (N-methyl/N-ethyl adjacent to an activating group) is 1. The van der Waals surface area contributed by atoms with Crippen LogP contribution in [0.25, 0.3) is 0 Å². The van der Waals surface area contributed by atoms with Crippen LogP contribution in [0, 0.1) is 0 Å². The molecule has 0 bridgehead atoms. The Morgan fingerprint density at radius 1 is 1.24 bits per heavy atom. The maximum absolute atomic E-state index is 12.4. The lowest BCUT2D eigenvalue weighted by Gasteiger charge is -2.29. The molecule has 1 fully saturated rings. The van der Waals surface area contributed by atoms with Gasteiger partial charge in [0.25, 0.3) is 0 Å². The molecule has 0 saturated carbocycles. The minimum atomic E-state index is -0.220. The number of amides is 3. The Bertz CT molecular complexity index is 790. The lowest BCUT2D eigenvalue weighted by molar-refractivity contribution is -0.120. The van der Waals surface area contributed by atoms with Crippen LogP contribution < -0.4 is 20.9 Å². The van der Waals surface area contributed by atoms with Gasteiger partial charge in [-0.3, -0.25) is 9.69 Å². The minimum Gasteiger partial charge on any atom is -0.360 e. The summed E-state index contributed by atoms with van der Waals surface area (Å²) in [4.78, 5) is 28.3. The Morgan fingerprint density at radius 2 is 2.00 bits per heavy atom. The number of benzene rings is 1. The molecule has 1 atom stereocenters. The molecule has 1 aliphatic rings. The predicted molar refractivity (Wildman–Crippen MR) is 119 cm³/mol. The summed E-state index contributed by atoms with van der Waals surface area (Å²) in [5.41, 5.74) is 2.93. The Hall–Kier alpha value is -2.58. The molecule has 3 N–H and O–H groups in total. The highest BCUT2D eigenvalue weighted by Crippen LogP contribution is 2.22. The van der Waals surface area contributed by atoms with Crippen molar-refractivity contribution in [3.63, 3.8) is 0 Å². The summed E-state index contributed by atoms with van der Waals surface area (Å²) in [6.07, 6.45) is 0. The summed E-state index contributed by atoms with van der Waals surface area (Å²) in [6, 6.07) is 9.64. The molecule has 8 heteroatoms. The van der Waals surface area contributed by atoms with E-state index in [-0.39, 0.29) is 18.0 Å². The molecule has 3 rings (SSSR count). The van der Waals surface area contributed by atoms with Crippen LogP contribution in [-0.4, -0.2) is 56.1 Å². The molecule has 1 saturated heterocycles. The lowest BCUT2D eigenvalue weighted by Crippen LogP contribution is -2.47. The molecule has 7 nitrogen and oxygen atoms in total. The van der Waals surface area contributed by atoms with Gasteiger partial charge in [-0.2, -0.15) is 11.3 Å². The highest BCUT2D eigenvalue weighted by molar-refractivity contribution is 7.08. The molecule has 2 heterocycles. The number of nitrogens with one attached hydrogen (secondary N) is 3. The monoisotopic (exact) mass is 415 g/mol. The fraction of sp³-hybridized carbons (Fsp3) is 0.429. The van der Waals surface area contributed by atoms with Crippen molar-refractivity contribution in [3.05, 3.63) is 46.7 Å². The van der Waals surface area contributed by atoms with E-state index in [1.165, 1.54) is 5.56 Å². The fourth-order valence-corrected chi connectivity index (χ4v) is 4.27. The molecule has 2 aromatic rings. The van der Waals surface area contributed by atoms with E-state index in [0.717, 1.165) is 31.0 Å². The molecule has 1 aliphatic heterocycles. The minimum absolute atomic E-state index is 0.0335. The highest BCUT2D eigenvalue weighted by atomic mass is 32.1. The van der Waals surface area contributed by atoms with E-state index >= 15 is 0 Å². The van der Waals surface area contributed by atoms with Crippen molar-refractivity contribution in [2.24, 2.45) is 0 Å². The standard InChI is InChI=1S/C21H29N5O2S/c1-3-25(4-2)19(16-9-12-29-15-16)13-23-21(28)24-17-5-7-18(8-6-17)26-11-10-22-20(27)14-26/h5-9,12,15,19H,3-4,10-11,13-14H2,1-2H3,(H,22,27)(H2,23,24,28). The van der Waals surface area contributed by atoms with Crippen molar-refractivity contribution in [2.45, 2.75) is 19.9 Å². The molecule has 156 valence electrons. The third-order valence-electron chi connectivity index (χ3n) is 5.17. The predicted octanol–water partition coefficient (Wildman–Crippen LogP) is 2.89. The van der Waals surface area contributed by atoms with Crippen LogP contribution >= 0.6 is 11.3 Å². The van der Waals surface area contributed by atoms with Gasteiger partial charge in [0.1, 0.15) is 0 Å². The van der Waals surface area contributed by atoms with E-state index in [4.69, 9.17) is 0 Å². The first kappa shape index (κ1) is 21.1. The second kappa shape index (κ2) is 10.3. The van der Waals surface area contributed by atoms with Crippen LogP contribution in [0.15, 0.2) is 41.1 Å². The van der Waals surface area contributed by atoms with Gasteiger partial charge in [-0.1, -0.05) is 13.8 Å². The SMILES string of the molecule is CCN(CC)C(CNC(=O)Nc1ccc(N2CCNC(=O)C2)cc1)c1ccsc1. The molecule has 1 unspecified atom stereocenters. The van der Waals surface area contributed by atoms with Crippen LogP contribution in [0.2, 0.25) is 0 Å². The van der Waals surface area contributed by atoms with Gasteiger partial charge in [0.15, 0.2) is 0 Å². The smallest absolute Gasteiger partial charge is 0.319 e. The number of thiophene rings is 1. The van der Waals surface area contributed by atoms with Gasteiger partial charge < -0.3 is 20.9 Å². The molecule has 1 aromatic carbocycles. The fourth-order valence-electron chi connectivity index (χ4n) is 3.57.